The second kappa shape index (κ2) is 7.90. The van der Waals surface area contributed by atoms with Crippen LogP contribution in [0.25, 0.3) is 16.3 Å². The van der Waals surface area contributed by atoms with Gasteiger partial charge in [0.25, 0.3) is 11.7 Å². The van der Waals surface area contributed by atoms with Crippen molar-refractivity contribution < 1.29 is 18.0 Å². The third-order valence-electron chi connectivity index (χ3n) is 5.32. The fraction of sp³-hybridized carbons (Fsp3) is 0.238. The molecular formula is C21H17F3N6OS. The van der Waals surface area contributed by atoms with E-state index in [0.717, 1.165) is 16.6 Å². The molecule has 1 aliphatic heterocycles. The van der Waals surface area contributed by atoms with Gasteiger partial charge in [-0.05, 0) is 29.6 Å². The predicted octanol–water partition coefficient (Wildman–Crippen LogP) is 3.83. The molecule has 0 saturated carbocycles. The molecule has 0 atom stereocenters. The number of thiophene rings is 1. The van der Waals surface area contributed by atoms with E-state index >= 15 is 0 Å². The molecule has 7 nitrogen and oxygen atoms in total. The first kappa shape index (κ1) is 20.4. The first-order valence-electron chi connectivity index (χ1n) is 9.88. The van der Waals surface area contributed by atoms with Crippen molar-refractivity contribution in [1.29, 1.82) is 0 Å². The maximum absolute atomic E-state index is 13.3. The molecule has 1 saturated heterocycles. The van der Waals surface area contributed by atoms with Gasteiger partial charge < -0.3 is 9.80 Å². The molecule has 4 aromatic rings. The number of amides is 1. The predicted molar refractivity (Wildman–Crippen MR) is 114 cm³/mol. The second-order valence-corrected chi connectivity index (χ2v) is 8.20. The molecule has 0 aliphatic carbocycles. The number of aromatic nitrogens is 4. The summed E-state index contributed by atoms with van der Waals surface area (Å²) in [4.78, 5) is 26.0. The van der Waals surface area contributed by atoms with Crippen molar-refractivity contribution in [2.75, 3.05) is 31.1 Å². The summed E-state index contributed by atoms with van der Waals surface area (Å²) in [7, 11) is 0. The van der Waals surface area contributed by atoms with E-state index in [-0.39, 0.29) is 18.7 Å². The van der Waals surface area contributed by atoms with Crippen molar-refractivity contribution in [3.8, 4) is 10.6 Å². The third-order valence-corrected chi connectivity index (χ3v) is 6.21. The minimum Gasteiger partial charge on any atom is -0.336 e. The SMILES string of the molecule is O=C(c1ccccc1C(F)(F)F)N1CCN(c2nc3nccc(-c4cccs4)n3n2)CC1. The highest BCUT2D eigenvalue weighted by Crippen LogP contribution is 2.32. The zero-order chi connectivity index (χ0) is 22.3. The largest absolute Gasteiger partial charge is 0.417 e. The van der Waals surface area contributed by atoms with Gasteiger partial charge in [-0.2, -0.15) is 22.7 Å². The molecule has 0 radical (unpaired) electrons. The van der Waals surface area contributed by atoms with E-state index in [1.807, 2.05) is 28.5 Å². The number of rotatable bonds is 3. The van der Waals surface area contributed by atoms with Crippen LogP contribution in [0.4, 0.5) is 19.1 Å². The van der Waals surface area contributed by atoms with Crippen LogP contribution in [0.2, 0.25) is 0 Å². The van der Waals surface area contributed by atoms with Crippen LogP contribution in [-0.4, -0.2) is 56.6 Å². The Labute approximate surface area is 184 Å². The van der Waals surface area contributed by atoms with Crippen molar-refractivity contribution in [3.63, 3.8) is 0 Å². The molecular weight excluding hydrogens is 441 g/mol. The lowest BCUT2D eigenvalue weighted by Crippen LogP contribution is -2.49. The van der Waals surface area contributed by atoms with E-state index in [2.05, 4.69) is 15.1 Å². The summed E-state index contributed by atoms with van der Waals surface area (Å²) in [6.45, 7) is 1.36. The van der Waals surface area contributed by atoms with Crippen LogP contribution in [0, 0.1) is 0 Å². The highest BCUT2D eigenvalue weighted by atomic mass is 32.1. The molecule has 0 bridgehead atoms. The molecule has 1 fully saturated rings. The van der Waals surface area contributed by atoms with Crippen LogP contribution in [0.3, 0.4) is 0 Å². The number of carbonyl (C=O) groups is 1. The number of fused-ring (bicyclic) bond motifs is 1. The smallest absolute Gasteiger partial charge is 0.336 e. The Balaban J connectivity index is 1.34. The van der Waals surface area contributed by atoms with Crippen LogP contribution >= 0.6 is 11.3 Å². The monoisotopic (exact) mass is 458 g/mol. The average Bonchev–Trinajstić information content (AvgIpc) is 3.48. The van der Waals surface area contributed by atoms with Gasteiger partial charge in [-0.1, -0.05) is 18.2 Å². The van der Waals surface area contributed by atoms with E-state index in [0.29, 0.717) is 24.8 Å². The molecule has 0 unspecified atom stereocenters. The summed E-state index contributed by atoms with van der Waals surface area (Å²) in [6.07, 6.45) is -2.90. The van der Waals surface area contributed by atoms with E-state index in [4.69, 9.17) is 0 Å². The summed E-state index contributed by atoms with van der Waals surface area (Å²) < 4.78 is 41.6. The molecule has 1 aromatic carbocycles. The topological polar surface area (TPSA) is 66.6 Å². The molecule has 1 amide bonds. The lowest BCUT2D eigenvalue weighted by Gasteiger charge is -2.34. The number of alkyl halides is 3. The van der Waals surface area contributed by atoms with Gasteiger partial charge in [-0.3, -0.25) is 4.79 Å². The Bertz CT molecular complexity index is 1260. The summed E-state index contributed by atoms with van der Waals surface area (Å²) in [5, 5.41) is 6.57. The van der Waals surface area contributed by atoms with Gasteiger partial charge in [0, 0.05) is 32.4 Å². The molecule has 164 valence electrons. The minimum absolute atomic E-state index is 0.270. The summed E-state index contributed by atoms with van der Waals surface area (Å²) >= 11 is 1.59. The Kier molecular flexibility index (Phi) is 5.04. The normalized spacial score (nSPS) is 14.8. The van der Waals surface area contributed by atoms with Crippen LogP contribution in [0.1, 0.15) is 15.9 Å². The molecule has 0 N–H and O–H groups in total. The second-order valence-electron chi connectivity index (χ2n) is 7.25. The Morgan fingerprint density at radius 3 is 2.50 bits per heavy atom. The van der Waals surface area contributed by atoms with Crippen LogP contribution in [0.5, 0.6) is 0 Å². The van der Waals surface area contributed by atoms with Crippen molar-refractivity contribution in [3.05, 3.63) is 65.2 Å². The maximum atomic E-state index is 13.3. The van der Waals surface area contributed by atoms with Crippen molar-refractivity contribution >= 4 is 29.0 Å². The fourth-order valence-corrected chi connectivity index (χ4v) is 4.46. The van der Waals surface area contributed by atoms with Crippen molar-refractivity contribution in [1.82, 2.24) is 24.5 Å². The van der Waals surface area contributed by atoms with E-state index < -0.39 is 17.6 Å². The highest BCUT2D eigenvalue weighted by molar-refractivity contribution is 7.13. The standard InChI is InChI=1S/C21H17F3N6OS/c22-21(23,24)15-5-2-1-4-14(15)18(31)28-9-11-29(12-10-28)20-26-19-25-8-7-16(30(19)27-20)17-6-3-13-32-17/h1-8,13H,9-12H2. The number of nitrogens with zero attached hydrogens (tertiary/aromatic N) is 6. The van der Waals surface area contributed by atoms with E-state index in [9.17, 15) is 18.0 Å². The van der Waals surface area contributed by atoms with Crippen molar-refractivity contribution in [2.24, 2.45) is 0 Å². The van der Waals surface area contributed by atoms with Gasteiger partial charge in [0.2, 0.25) is 5.95 Å². The zero-order valence-electron chi connectivity index (χ0n) is 16.7. The van der Waals surface area contributed by atoms with Gasteiger partial charge in [-0.15, -0.1) is 16.4 Å². The Morgan fingerprint density at radius 2 is 1.78 bits per heavy atom. The fourth-order valence-electron chi connectivity index (χ4n) is 3.73. The van der Waals surface area contributed by atoms with Gasteiger partial charge >= 0.3 is 6.18 Å². The molecule has 1 aliphatic rings. The summed E-state index contributed by atoms with van der Waals surface area (Å²) in [6, 6.07) is 10.7. The van der Waals surface area contributed by atoms with E-state index in [1.165, 1.54) is 23.1 Å². The zero-order valence-corrected chi connectivity index (χ0v) is 17.5. The average molecular weight is 458 g/mol. The molecule has 11 heteroatoms. The summed E-state index contributed by atoms with van der Waals surface area (Å²) in [5.74, 6) is 0.315. The number of anilines is 1. The van der Waals surface area contributed by atoms with Gasteiger partial charge in [0.05, 0.1) is 21.7 Å². The maximum Gasteiger partial charge on any atom is 0.417 e. The van der Waals surface area contributed by atoms with Crippen LogP contribution < -0.4 is 4.90 Å². The summed E-state index contributed by atoms with van der Waals surface area (Å²) in [5.41, 5.74) is -0.368. The van der Waals surface area contributed by atoms with E-state index in [1.54, 1.807) is 22.0 Å². The third kappa shape index (κ3) is 3.68. The lowest BCUT2D eigenvalue weighted by atomic mass is 10.1. The number of halogens is 3. The Hall–Kier alpha value is -3.47. The molecule has 4 heterocycles. The van der Waals surface area contributed by atoms with Gasteiger partial charge in [0.1, 0.15) is 0 Å². The van der Waals surface area contributed by atoms with Crippen molar-refractivity contribution in [2.45, 2.75) is 6.18 Å². The van der Waals surface area contributed by atoms with Crippen LogP contribution in [0.15, 0.2) is 54.0 Å². The number of piperazine rings is 1. The first-order chi connectivity index (χ1) is 15.4. The minimum atomic E-state index is -4.58. The number of hydrogen-bond acceptors (Lipinski definition) is 6. The quantitative estimate of drug-likeness (QED) is 0.467. The van der Waals surface area contributed by atoms with Gasteiger partial charge in [0.15, 0.2) is 0 Å². The highest BCUT2D eigenvalue weighted by Gasteiger charge is 2.36. The Morgan fingerprint density at radius 1 is 1.00 bits per heavy atom. The molecule has 32 heavy (non-hydrogen) atoms. The van der Waals surface area contributed by atoms with Gasteiger partial charge in [-0.25, -0.2) is 4.98 Å². The molecule has 5 rings (SSSR count). The van der Waals surface area contributed by atoms with Crippen LogP contribution in [-0.2, 0) is 6.18 Å². The number of benzene rings is 1. The number of hydrogen-bond donors (Lipinski definition) is 0. The lowest BCUT2D eigenvalue weighted by molar-refractivity contribution is -0.138. The first-order valence-corrected chi connectivity index (χ1v) is 10.8. The molecule has 3 aromatic heterocycles. The number of carbonyl (C=O) groups excluding carboxylic acids is 1. The molecule has 0 spiro atoms.